The second-order valence-electron chi connectivity index (χ2n) is 5.56. The van der Waals surface area contributed by atoms with E-state index in [0.717, 1.165) is 12.8 Å². The van der Waals surface area contributed by atoms with Gasteiger partial charge in [-0.3, -0.25) is 4.79 Å². The number of aromatic hydroxyl groups is 1. The summed E-state index contributed by atoms with van der Waals surface area (Å²) in [4.78, 5) is 11.7. The van der Waals surface area contributed by atoms with Crippen LogP contribution in [-0.2, 0) is 4.79 Å². The second kappa shape index (κ2) is 11.5. The Balaban J connectivity index is 2.23. The molecule has 0 aromatic heterocycles. The molecule has 5 nitrogen and oxygen atoms in total. The van der Waals surface area contributed by atoms with E-state index in [1.165, 1.54) is 45.4 Å². The Kier molecular flexibility index (Phi) is 9.52. The maximum absolute atomic E-state index is 11.7. The average molecular weight is 320 g/mol. The van der Waals surface area contributed by atoms with Crippen LogP contribution >= 0.6 is 0 Å². The second-order valence-corrected chi connectivity index (χ2v) is 5.56. The number of carbonyl (C=O) groups excluding carboxylic acids is 1. The number of hydrogen-bond donors (Lipinski definition) is 2. The Morgan fingerprint density at radius 3 is 2.61 bits per heavy atom. The van der Waals surface area contributed by atoms with Crippen LogP contribution in [0.25, 0.3) is 0 Å². The molecule has 1 amide bonds. The van der Waals surface area contributed by atoms with Crippen molar-refractivity contribution in [1.29, 1.82) is 0 Å². The largest absolute Gasteiger partial charge is 0.504 e. The molecule has 0 radical (unpaired) electrons. The number of benzene rings is 1. The average Bonchev–Trinajstić information content (AvgIpc) is 2.55. The van der Waals surface area contributed by atoms with E-state index in [0.29, 0.717) is 17.7 Å². The Morgan fingerprint density at radius 2 is 1.91 bits per heavy atom. The number of para-hydroxylation sites is 1. The fourth-order valence-electron chi connectivity index (χ4n) is 2.28. The monoisotopic (exact) mass is 320 g/mol. The zero-order chi connectivity index (χ0) is 16.9. The highest BCUT2D eigenvalue weighted by Crippen LogP contribution is 2.27. The van der Waals surface area contributed by atoms with E-state index in [-0.39, 0.29) is 11.7 Å². The van der Waals surface area contributed by atoms with Crippen LogP contribution in [0.1, 0.15) is 63.9 Å². The fourth-order valence-corrected chi connectivity index (χ4v) is 2.28. The maximum Gasteiger partial charge on any atom is 0.240 e. The minimum absolute atomic E-state index is 0.0140. The van der Waals surface area contributed by atoms with Gasteiger partial charge < -0.3 is 9.84 Å². The lowest BCUT2D eigenvalue weighted by atomic mass is 10.1. The number of unbranched alkanes of at least 4 members (excludes halogenated alkanes) is 6. The fraction of sp³-hybridized carbons (Fsp3) is 0.556. The number of phenolic OH excluding ortho intramolecular Hbond substituents is 1. The summed E-state index contributed by atoms with van der Waals surface area (Å²) in [6.45, 7) is 2.20. The molecule has 1 aromatic carbocycles. The Bertz CT molecular complexity index is 501. The third kappa shape index (κ3) is 7.68. The summed E-state index contributed by atoms with van der Waals surface area (Å²) in [6.07, 6.45) is 10.1. The van der Waals surface area contributed by atoms with Crippen molar-refractivity contribution in [3.8, 4) is 11.5 Å². The first-order valence-corrected chi connectivity index (χ1v) is 8.37. The molecule has 128 valence electrons. The third-order valence-electron chi connectivity index (χ3n) is 3.65. The number of nitrogens with zero attached hydrogens (tertiary/aromatic N) is 1. The summed E-state index contributed by atoms with van der Waals surface area (Å²) in [7, 11) is 1.49. The lowest BCUT2D eigenvalue weighted by Gasteiger charge is -2.05. The van der Waals surface area contributed by atoms with E-state index in [1.54, 1.807) is 18.2 Å². The van der Waals surface area contributed by atoms with E-state index in [9.17, 15) is 9.90 Å². The van der Waals surface area contributed by atoms with Gasteiger partial charge in [-0.15, -0.1) is 0 Å². The summed E-state index contributed by atoms with van der Waals surface area (Å²) in [5, 5.41) is 13.8. The molecule has 2 N–H and O–H groups in total. The van der Waals surface area contributed by atoms with Gasteiger partial charge in [-0.05, 0) is 18.6 Å². The number of phenols is 1. The molecule has 0 unspecified atom stereocenters. The zero-order valence-corrected chi connectivity index (χ0v) is 14.2. The number of methoxy groups -OCH3 is 1. The number of rotatable bonds is 11. The highest BCUT2D eigenvalue weighted by molar-refractivity contribution is 5.86. The van der Waals surface area contributed by atoms with E-state index >= 15 is 0 Å². The van der Waals surface area contributed by atoms with Gasteiger partial charge in [0.2, 0.25) is 5.91 Å². The Labute approximate surface area is 138 Å². The number of hydrogen-bond acceptors (Lipinski definition) is 4. The van der Waals surface area contributed by atoms with Crippen LogP contribution in [0.15, 0.2) is 23.3 Å². The topological polar surface area (TPSA) is 70.9 Å². The summed E-state index contributed by atoms with van der Waals surface area (Å²) >= 11 is 0. The van der Waals surface area contributed by atoms with Gasteiger partial charge in [-0.2, -0.15) is 5.10 Å². The van der Waals surface area contributed by atoms with Gasteiger partial charge >= 0.3 is 0 Å². The third-order valence-corrected chi connectivity index (χ3v) is 3.65. The van der Waals surface area contributed by atoms with Crippen LogP contribution in [-0.4, -0.2) is 24.3 Å². The first kappa shape index (κ1) is 19.0. The first-order valence-electron chi connectivity index (χ1n) is 8.37. The predicted molar refractivity (Wildman–Crippen MR) is 93.0 cm³/mol. The van der Waals surface area contributed by atoms with Gasteiger partial charge in [0.1, 0.15) is 0 Å². The molecule has 0 saturated carbocycles. The number of amides is 1. The van der Waals surface area contributed by atoms with E-state index < -0.39 is 0 Å². The van der Waals surface area contributed by atoms with E-state index in [1.807, 2.05) is 0 Å². The Morgan fingerprint density at radius 1 is 1.22 bits per heavy atom. The molecule has 0 aliphatic carbocycles. The molecular weight excluding hydrogens is 292 g/mol. The molecular formula is C18H28N2O3. The minimum atomic E-state index is -0.0998. The van der Waals surface area contributed by atoms with Crippen LogP contribution < -0.4 is 10.2 Å². The van der Waals surface area contributed by atoms with Gasteiger partial charge in [0.05, 0.1) is 13.3 Å². The van der Waals surface area contributed by atoms with Crippen molar-refractivity contribution >= 4 is 12.1 Å². The lowest BCUT2D eigenvalue weighted by Crippen LogP contribution is -2.16. The van der Waals surface area contributed by atoms with Gasteiger partial charge in [0.15, 0.2) is 11.5 Å². The molecule has 1 aromatic rings. The minimum Gasteiger partial charge on any atom is -0.504 e. The SMILES string of the molecule is CCCCCCCCCC(=O)N/N=C/c1cccc(OC)c1O. The van der Waals surface area contributed by atoms with Crippen LogP contribution in [0.2, 0.25) is 0 Å². The summed E-state index contributed by atoms with van der Waals surface area (Å²) in [5.74, 6) is 0.292. The van der Waals surface area contributed by atoms with Crippen LogP contribution in [0.4, 0.5) is 0 Å². The summed E-state index contributed by atoms with van der Waals surface area (Å²) in [6, 6.07) is 5.11. The molecule has 0 bridgehead atoms. The van der Waals surface area contributed by atoms with Crippen molar-refractivity contribution < 1.29 is 14.6 Å². The molecule has 0 spiro atoms. The number of ether oxygens (including phenoxy) is 1. The molecule has 1 rings (SSSR count). The molecule has 0 aliphatic heterocycles. The predicted octanol–water partition coefficient (Wildman–Crippen LogP) is 3.99. The van der Waals surface area contributed by atoms with Crippen molar-refractivity contribution in [2.75, 3.05) is 7.11 Å². The molecule has 23 heavy (non-hydrogen) atoms. The van der Waals surface area contributed by atoms with Crippen LogP contribution in [0, 0.1) is 0 Å². The van der Waals surface area contributed by atoms with Crippen molar-refractivity contribution in [2.24, 2.45) is 5.10 Å². The lowest BCUT2D eigenvalue weighted by molar-refractivity contribution is -0.121. The molecule has 0 fully saturated rings. The Hall–Kier alpha value is -2.04. The quantitative estimate of drug-likeness (QED) is 0.368. The number of hydrazone groups is 1. The van der Waals surface area contributed by atoms with E-state index in [2.05, 4.69) is 17.5 Å². The van der Waals surface area contributed by atoms with Crippen molar-refractivity contribution in [3.05, 3.63) is 23.8 Å². The zero-order valence-electron chi connectivity index (χ0n) is 14.2. The van der Waals surface area contributed by atoms with Crippen LogP contribution in [0.3, 0.4) is 0 Å². The summed E-state index contributed by atoms with van der Waals surface area (Å²) in [5.41, 5.74) is 2.99. The highest BCUT2D eigenvalue weighted by atomic mass is 16.5. The van der Waals surface area contributed by atoms with E-state index in [4.69, 9.17) is 4.74 Å². The smallest absolute Gasteiger partial charge is 0.240 e. The van der Waals surface area contributed by atoms with Crippen molar-refractivity contribution in [2.45, 2.75) is 58.3 Å². The molecule has 0 aliphatic rings. The highest BCUT2D eigenvalue weighted by Gasteiger charge is 2.05. The standard InChI is InChI=1S/C18H28N2O3/c1-3-4-5-6-7-8-9-13-17(21)20-19-14-15-11-10-12-16(23-2)18(15)22/h10-12,14,22H,3-9,13H2,1-2H3,(H,20,21)/b19-14+. The first-order chi connectivity index (χ1) is 11.2. The van der Waals surface area contributed by atoms with Gasteiger partial charge in [-0.1, -0.05) is 51.5 Å². The normalized spacial score (nSPS) is 10.9. The molecule has 0 saturated heterocycles. The van der Waals surface area contributed by atoms with Gasteiger partial charge in [0, 0.05) is 12.0 Å². The molecule has 0 heterocycles. The van der Waals surface area contributed by atoms with Crippen molar-refractivity contribution in [3.63, 3.8) is 0 Å². The van der Waals surface area contributed by atoms with Crippen LogP contribution in [0.5, 0.6) is 11.5 Å². The molecule has 0 atom stereocenters. The molecule has 5 heteroatoms. The summed E-state index contributed by atoms with van der Waals surface area (Å²) < 4.78 is 5.01. The van der Waals surface area contributed by atoms with Crippen molar-refractivity contribution in [1.82, 2.24) is 5.43 Å². The number of carbonyl (C=O) groups is 1. The number of nitrogens with one attached hydrogen (secondary N) is 1. The maximum atomic E-state index is 11.7. The van der Waals surface area contributed by atoms with Gasteiger partial charge in [-0.25, -0.2) is 5.43 Å². The van der Waals surface area contributed by atoms with Gasteiger partial charge in [0.25, 0.3) is 0 Å².